The molecule has 0 spiro atoms. The summed E-state index contributed by atoms with van der Waals surface area (Å²) in [5, 5.41) is 11.6. The number of carbonyl (C=O) groups is 2. The summed E-state index contributed by atoms with van der Waals surface area (Å²) in [4.78, 5) is 26.3. The van der Waals surface area contributed by atoms with Crippen molar-refractivity contribution in [1.82, 2.24) is 10.3 Å². The van der Waals surface area contributed by atoms with Gasteiger partial charge in [-0.1, -0.05) is 6.92 Å². The van der Waals surface area contributed by atoms with Crippen molar-refractivity contribution in [2.75, 3.05) is 6.54 Å². The fourth-order valence-corrected chi connectivity index (χ4v) is 1.85. The molecule has 1 aromatic heterocycles. The van der Waals surface area contributed by atoms with E-state index >= 15 is 0 Å². The number of amides is 1. The molecule has 1 saturated carbocycles. The van der Waals surface area contributed by atoms with Gasteiger partial charge in [0.05, 0.1) is 5.56 Å². The van der Waals surface area contributed by atoms with E-state index in [9.17, 15) is 9.59 Å². The van der Waals surface area contributed by atoms with Gasteiger partial charge in [0.2, 0.25) is 0 Å². The number of hydrogen-bond acceptors (Lipinski definition) is 3. The second-order valence-corrected chi connectivity index (χ2v) is 4.77. The monoisotopic (exact) mass is 248 g/mol. The average Bonchev–Trinajstić information content (AvgIpc) is 3.17. The zero-order valence-electron chi connectivity index (χ0n) is 10.3. The van der Waals surface area contributed by atoms with E-state index < -0.39 is 5.97 Å². The quantitative estimate of drug-likeness (QED) is 0.831. The van der Waals surface area contributed by atoms with Crippen LogP contribution < -0.4 is 5.32 Å². The Bertz CT molecular complexity index is 464. The number of pyridine rings is 1. The fraction of sp³-hybridized carbons (Fsp3) is 0.462. The van der Waals surface area contributed by atoms with Crippen LogP contribution in [-0.4, -0.2) is 28.5 Å². The highest BCUT2D eigenvalue weighted by molar-refractivity contribution is 5.93. The van der Waals surface area contributed by atoms with Crippen LogP contribution >= 0.6 is 0 Å². The molecule has 1 aromatic rings. The molecule has 18 heavy (non-hydrogen) atoms. The molecule has 1 fully saturated rings. The molecule has 96 valence electrons. The lowest BCUT2D eigenvalue weighted by Crippen LogP contribution is -2.30. The van der Waals surface area contributed by atoms with E-state index in [4.69, 9.17) is 5.11 Å². The molecule has 2 rings (SSSR count). The molecule has 5 nitrogen and oxygen atoms in total. The van der Waals surface area contributed by atoms with Crippen LogP contribution in [0.3, 0.4) is 0 Å². The molecule has 0 atom stereocenters. The van der Waals surface area contributed by atoms with Gasteiger partial charge in [0, 0.05) is 12.7 Å². The number of aromatic carboxylic acids is 1. The van der Waals surface area contributed by atoms with Crippen LogP contribution in [-0.2, 0) is 0 Å². The van der Waals surface area contributed by atoms with Crippen molar-refractivity contribution in [3.8, 4) is 0 Å². The highest BCUT2D eigenvalue weighted by Gasteiger charge is 2.40. The van der Waals surface area contributed by atoms with E-state index in [0.29, 0.717) is 6.54 Å². The van der Waals surface area contributed by atoms with Crippen molar-refractivity contribution in [3.05, 3.63) is 29.6 Å². The zero-order valence-corrected chi connectivity index (χ0v) is 10.3. The van der Waals surface area contributed by atoms with Crippen LogP contribution in [0, 0.1) is 5.41 Å². The first-order chi connectivity index (χ1) is 8.56. The maximum atomic E-state index is 11.8. The van der Waals surface area contributed by atoms with Crippen LogP contribution in [0.2, 0.25) is 0 Å². The number of carboxylic acid groups (broad SMARTS) is 1. The first kappa shape index (κ1) is 12.5. The van der Waals surface area contributed by atoms with E-state index in [1.807, 2.05) is 0 Å². The van der Waals surface area contributed by atoms with Crippen molar-refractivity contribution in [2.45, 2.75) is 26.2 Å². The van der Waals surface area contributed by atoms with Gasteiger partial charge in [-0.15, -0.1) is 0 Å². The van der Waals surface area contributed by atoms with E-state index in [-0.39, 0.29) is 22.6 Å². The Labute approximate surface area is 105 Å². The molecular formula is C13H16N2O3. The molecule has 1 amide bonds. The van der Waals surface area contributed by atoms with E-state index in [1.54, 1.807) is 0 Å². The molecule has 0 radical (unpaired) electrons. The summed E-state index contributed by atoms with van der Waals surface area (Å²) in [6.07, 6.45) is 4.59. The van der Waals surface area contributed by atoms with Crippen molar-refractivity contribution < 1.29 is 14.7 Å². The number of rotatable bonds is 5. The smallest absolute Gasteiger partial charge is 0.337 e. The Morgan fingerprint density at radius 3 is 2.61 bits per heavy atom. The first-order valence-electron chi connectivity index (χ1n) is 6.04. The van der Waals surface area contributed by atoms with E-state index in [0.717, 1.165) is 19.3 Å². The van der Waals surface area contributed by atoms with E-state index in [2.05, 4.69) is 17.2 Å². The highest BCUT2D eigenvalue weighted by Crippen LogP contribution is 2.47. The minimum Gasteiger partial charge on any atom is -0.478 e. The molecule has 0 bridgehead atoms. The summed E-state index contributed by atoms with van der Waals surface area (Å²) in [5.41, 5.74) is 0.627. The zero-order chi connectivity index (χ0) is 13.2. The highest BCUT2D eigenvalue weighted by atomic mass is 16.4. The maximum absolute atomic E-state index is 11.8. The van der Waals surface area contributed by atoms with Crippen molar-refractivity contribution in [3.63, 3.8) is 0 Å². The van der Waals surface area contributed by atoms with Gasteiger partial charge in [-0.05, 0) is 36.8 Å². The Morgan fingerprint density at radius 2 is 2.17 bits per heavy atom. The summed E-state index contributed by atoms with van der Waals surface area (Å²) in [6.45, 7) is 2.80. The molecule has 5 heteroatoms. The Hall–Kier alpha value is -1.91. The first-order valence-corrected chi connectivity index (χ1v) is 6.04. The molecule has 0 aliphatic heterocycles. The van der Waals surface area contributed by atoms with Crippen molar-refractivity contribution in [1.29, 1.82) is 0 Å². The Morgan fingerprint density at radius 1 is 1.44 bits per heavy atom. The van der Waals surface area contributed by atoms with Gasteiger partial charge in [0.15, 0.2) is 0 Å². The van der Waals surface area contributed by atoms with Gasteiger partial charge in [-0.2, -0.15) is 0 Å². The SMILES string of the molecule is CCC1(CNC(=O)c2ccc(C(=O)O)cn2)CC1. The van der Waals surface area contributed by atoms with Gasteiger partial charge < -0.3 is 10.4 Å². The molecule has 0 saturated heterocycles. The second kappa shape index (κ2) is 4.76. The Balaban J connectivity index is 1.94. The number of hydrogen-bond donors (Lipinski definition) is 2. The van der Waals surface area contributed by atoms with Gasteiger partial charge in [-0.3, -0.25) is 9.78 Å². The van der Waals surface area contributed by atoms with Crippen LogP contribution in [0.4, 0.5) is 0 Å². The molecule has 0 aromatic carbocycles. The second-order valence-electron chi connectivity index (χ2n) is 4.77. The van der Waals surface area contributed by atoms with Gasteiger partial charge >= 0.3 is 5.97 Å². The van der Waals surface area contributed by atoms with E-state index in [1.165, 1.54) is 18.3 Å². The van der Waals surface area contributed by atoms with Crippen LogP contribution in [0.25, 0.3) is 0 Å². The molecule has 0 unspecified atom stereocenters. The summed E-state index contributed by atoms with van der Waals surface area (Å²) in [6, 6.07) is 2.82. The number of carboxylic acids is 1. The van der Waals surface area contributed by atoms with Gasteiger partial charge in [0.1, 0.15) is 5.69 Å². The third-order valence-electron chi connectivity index (χ3n) is 3.57. The predicted octanol–water partition coefficient (Wildman–Crippen LogP) is 1.70. The van der Waals surface area contributed by atoms with Crippen molar-refractivity contribution in [2.24, 2.45) is 5.41 Å². The molecule has 2 N–H and O–H groups in total. The standard InChI is InChI=1S/C13H16N2O3/c1-2-13(5-6-13)8-15-11(16)10-4-3-9(7-14-10)12(17)18/h3-4,7H,2,5-6,8H2,1H3,(H,15,16)(H,17,18). The molecule has 1 aliphatic rings. The summed E-state index contributed by atoms with van der Waals surface area (Å²) >= 11 is 0. The predicted molar refractivity (Wildman–Crippen MR) is 65.5 cm³/mol. The normalized spacial score (nSPS) is 16.1. The lowest BCUT2D eigenvalue weighted by atomic mass is 10.0. The number of nitrogens with zero attached hydrogens (tertiary/aromatic N) is 1. The summed E-state index contributed by atoms with van der Waals surface area (Å²) in [7, 11) is 0. The fourth-order valence-electron chi connectivity index (χ4n) is 1.85. The summed E-state index contributed by atoms with van der Waals surface area (Å²) in [5.74, 6) is -1.29. The van der Waals surface area contributed by atoms with Gasteiger partial charge in [-0.25, -0.2) is 4.79 Å². The van der Waals surface area contributed by atoms with Crippen LogP contribution in [0.15, 0.2) is 18.3 Å². The van der Waals surface area contributed by atoms with Crippen molar-refractivity contribution >= 4 is 11.9 Å². The number of carbonyl (C=O) groups excluding carboxylic acids is 1. The summed E-state index contributed by atoms with van der Waals surface area (Å²) < 4.78 is 0. The topological polar surface area (TPSA) is 79.3 Å². The molecule has 1 aliphatic carbocycles. The average molecular weight is 248 g/mol. The number of nitrogens with one attached hydrogen (secondary N) is 1. The lowest BCUT2D eigenvalue weighted by molar-refractivity contribution is 0.0695. The minimum absolute atomic E-state index is 0.0822. The van der Waals surface area contributed by atoms with Crippen LogP contribution in [0.5, 0.6) is 0 Å². The van der Waals surface area contributed by atoms with Crippen LogP contribution in [0.1, 0.15) is 47.0 Å². The lowest BCUT2D eigenvalue weighted by Gasteiger charge is -2.12. The third-order valence-corrected chi connectivity index (χ3v) is 3.57. The molecule has 1 heterocycles. The maximum Gasteiger partial charge on any atom is 0.337 e. The largest absolute Gasteiger partial charge is 0.478 e. The molecular weight excluding hydrogens is 232 g/mol. The Kier molecular flexibility index (Phi) is 3.32. The third kappa shape index (κ3) is 2.67. The van der Waals surface area contributed by atoms with Gasteiger partial charge in [0.25, 0.3) is 5.91 Å². The minimum atomic E-state index is -1.04. The number of aromatic nitrogens is 1.